The van der Waals surface area contributed by atoms with Crippen molar-refractivity contribution < 1.29 is 4.39 Å². The van der Waals surface area contributed by atoms with Gasteiger partial charge in [0.1, 0.15) is 11.3 Å². The van der Waals surface area contributed by atoms with Gasteiger partial charge in [0.25, 0.3) is 0 Å². The van der Waals surface area contributed by atoms with Gasteiger partial charge in [-0.3, -0.25) is 0 Å². The third-order valence-electron chi connectivity index (χ3n) is 1.46. The van der Waals surface area contributed by atoms with Gasteiger partial charge in [-0.05, 0) is 28.1 Å². The summed E-state index contributed by atoms with van der Waals surface area (Å²) >= 11 is 4.58. The van der Waals surface area contributed by atoms with E-state index in [4.69, 9.17) is 5.73 Å². The Hall–Kier alpha value is -0.680. The van der Waals surface area contributed by atoms with E-state index in [2.05, 4.69) is 20.9 Å². The summed E-state index contributed by atoms with van der Waals surface area (Å²) in [6.45, 7) is 0. The number of nitrogen functional groups attached to an aromatic ring is 1. The molecule has 0 aliphatic rings. The first-order valence-corrected chi connectivity index (χ1v) is 4.79. The molecule has 2 rings (SSSR count). The molecule has 5 heteroatoms. The number of nitrogens with zero attached hydrogens (tertiary/aromatic N) is 1. The standard InChI is InChI=1S/C7H4BrFN2S/c8-7-11-6-4(10)1-3(9)2-5(6)12-7/h1-2H,10H2. The SMILES string of the molecule is Nc1cc(F)cc2sc(Br)nc12. The van der Waals surface area contributed by atoms with Gasteiger partial charge in [0.05, 0.1) is 10.4 Å². The second kappa shape index (κ2) is 2.67. The van der Waals surface area contributed by atoms with Crippen LogP contribution in [0.5, 0.6) is 0 Å². The molecule has 1 aromatic carbocycles. The molecule has 0 saturated carbocycles. The van der Waals surface area contributed by atoms with Crippen molar-refractivity contribution >= 4 is 43.2 Å². The Balaban J connectivity index is 2.88. The average molecular weight is 247 g/mol. The molecule has 0 aliphatic heterocycles. The van der Waals surface area contributed by atoms with Crippen molar-refractivity contribution in [1.82, 2.24) is 4.98 Å². The van der Waals surface area contributed by atoms with Gasteiger partial charge in [0.15, 0.2) is 3.92 Å². The molecule has 1 heterocycles. The fraction of sp³-hybridized carbons (Fsp3) is 0. The second-order valence-electron chi connectivity index (χ2n) is 2.31. The van der Waals surface area contributed by atoms with E-state index in [9.17, 15) is 4.39 Å². The topological polar surface area (TPSA) is 38.9 Å². The van der Waals surface area contributed by atoms with Crippen LogP contribution in [0, 0.1) is 5.82 Å². The van der Waals surface area contributed by atoms with Crippen LogP contribution in [-0.4, -0.2) is 4.98 Å². The van der Waals surface area contributed by atoms with Gasteiger partial charge < -0.3 is 5.73 Å². The monoisotopic (exact) mass is 246 g/mol. The number of nitrogens with two attached hydrogens (primary N) is 1. The van der Waals surface area contributed by atoms with Crippen LogP contribution in [0.1, 0.15) is 0 Å². The molecule has 0 fully saturated rings. The van der Waals surface area contributed by atoms with Crippen molar-refractivity contribution in [3.8, 4) is 0 Å². The highest BCUT2D eigenvalue weighted by Gasteiger charge is 2.06. The zero-order valence-electron chi connectivity index (χ0n) is 5.84. The summed E-state index contributed by atoms with van der Waals surface area (Å²) in [5.41, 5.74) is 6.60. The van der Waals surface area contributed by atoms with Crippen molar-refractivity contribution in [3.05, 3.63) is 21.9 Å². The molecular formula is C7H4BrFN2S. The van der Waals surface area contributed by atoms with Gasteiger partial charge >= 0.3 is 0 Å². The minimum Gasteiger partial charge on any atom is -0.397 e. The largest absolute Gasteiger partial charge is 0.397 e. The van der Waals surface area contributed by atoms with Crippen molar-refractivity contribution in [2.75, 3.05) is 5.73 Å². The average Bonchev–Trinajstić information content (AvgIpc) is 2.29. The van der Waals surface area contributed by atoms with Crippen LogP contribution in [0.15, 0.2) is 16.0 Å². The molecule has 0 spiro atoms. The lowest BCUT2D eigenvalue weighted by Crippen LogP contribution is -1.87. The third-order valence-corrected chi connectivity index (χ3v) is 2.92. The van der Waals surface area contributed by atoms with Crippen molar-refractivity contribution in [2.45, 2.75) is 0 Å². The number of fused-ring (bicyclic) bond motifs is 1. The lowest BCUT2D eigenvalue weighted by molar-refractivity contribution is 0.630. The second-order valence-corrected chi connectivity index (χ2v) is 4.62. The first-order valence-electron chi connectivity index (χ1n) is 3.18. The number of rotatable bonds is 0. The first kappa shape index (κ1) is 7.94. The van der Waals surface area contributed by atoms with Crippen molar-refractivity contribution in [1.29, 1.82) is 0 Å². The molecule has 0 bridgehead atoms. The molecule has 2 N–H and O–H groups in total. The number of halogens is 2. The highest BCUT2D eigenvalue weighted by Crippen LogP contribution is 2.30. The number of hydrogen-bond acceptors (Lipinski definition) is 3. The van der Waals surface area contributed by atoms with E-state index in [1.54, 1.807) is 0 Å². The van der Waals surface area contributed by atoms with E-state index >= 15 is 0 Å². The summed E-state index contributed by atoms with van der Waals surface area (Å²) in [4.78, 5) is 4.10. The van der Waals surface area contributed by atoms with Crippen LogP contribution in [0.3, 0.4) is 0 Å². The minimum atomic E-state index is -0.323. The fourth-order valence-corrected chi connectivity index (χ4v) is 2.44. The Morgan fingerprint density at radius 1 is 1.50 bits per heavy atom. The van der Waals surface area contributed by atoms with Crippen molar-refractivity contribution in [3.63, 3.8) is 0 Å². The number of benzene rings is 1. The van der Waals surface area contributed by atoms with Gasteiger partial charge in [-0.2, -0.15) is 0 Å². The number of aromatic nitrogens is 1. The molecule has 0 unspecified atom stereocenters. The molecule has 0 atom stereocenters. The van der Waals surface area contributed by atoms with E-state index in [0.717, 1.165) is 8.62 Å². The molecule has 0 radical (unpaired) electrons. The van der Waals surface area contributed by atoms with E-state index in [-0.39, 0.29) is 5.82 Å². The Labute approximate surface area is 80.3 Å². The summed E-state index contributed by atoms with van der Waals surface area (Å²) in [5.74, 6) is -0.323. The van der Waals surface area contributed by atoms with Gasteiger partial charge in [-0.25, -0.2) is 9.37 Å². The van der Waals surface area contributed by atoms with Crippen LogP contribution in [0.2, 0.25) is 0 Å². The highest BCUT2D eigenvalue weighted by atomic mass is 79.9. The third kappa shape index (κ3) is 1.19. The predicted octanol–water partition coefficient (Wildman–Crippen LogP) is 2.78. The Kier molecular flexibility index (Phi) is 1.77. The Morgan fingerprint density at radius 2 is 2.25 bits per heavy atom. The minimum absolute atomic E-state index is 0.323. The fourth-order valence-electron chi connectivity index (χ4n) is 0.993. The van der Waals surface area contributed by atoms with Crippen LogP contribution in [0.25, 0.3) is 10.2 Å². The van der Waals surface area contributed by atoms with Crippen LogP contribution >= 0.6 is 27.3 Å². The van der Waals surface area contributed by atoms with Gasteiger partial charge in [-0.15, -0.1) is 11.3 Å². The highest BCUT2D eigenvalue weighted by molar-refractivity contribution is 9.11. The molecule has 2 aromatic rings. The molecule has 0 saturated heterocycles. The van der Waals surface area contributed by atoms with Crippen LogP contribution in [0.4, 0.5) is 10.1 Å². The maximum absolute atomic E-state index is 12.8. The molecule has 12 heavy (non-hydrogen) atoms. The number of hydrogen-bond donors (Lipinski definition) is 1. The molecule has 0 aliphatic carbocycles. The maximum Gasteiger partial charge on any atom is 0.160 e. The van der Waals surface area contributed by atoms with E-state index in [1.165, 1.54) is 23.5 Å². The number of anilines is 1. The first-order chi connectivity index (χ1) is 5.66. The van der Waals surface area contributed by atoms with Gasteiger partial charge in [0.2, 0.25) is 0 Å². The summed E-state index contributed by atoms with van der Waals surface area (Å²) < 4.78 is 14.3. The molecule has 1 aromatic heterocycles. The van der Waals surface area contributed by atoms with E-state index in [1.807, 2.05) is 0 Å². The zero-order valence-corrected chi connectivity index (χ0v) is 8.25. The lowest BCUT2D eigenvalue weighted by Gasteiger charge is -1.93. The lowest BCUT2D eigenvalue weighted by atomic mass is 10.3. The number of thiazole rings is 1. The summed E-state index contributed by atoms with van der Waals surface area (Å²) in [7, 11) is 0. The van der Waals surface area contributed by atoms with Crippen LogP contribution < -0.4 is 5.73 Å². The Bertz CT molecular complexity index is 440. The summed E-state index contributed by atoms with van der Waals surface area (Å²) in [5, 5.41) is 0. The summed E-state index contributed by atoms with van der Waals surface area (Å²) in [6, 6.07) is 2.70. The normalized spacial score (nSPS) is 10.8. The molecular weight excluding hydrogens is 243 g/mol. The predicted molar refractivity (Wildman–Crippen MR) is 51.7 cm³/mol. The zero-order chi connectivity index (χ0) is 8.72. The smallest absolute Gasteiger partial charge is 0.160 e. The molecule has 62 valence electrons. The van der Waals surface area contributed by atoms with Crippen molar-refractivity contribution in [2.24, 2.45) is 0 Å². The quantitative estimate of drug-likeness (QED) is 0.727. The maximum atomic E-state index is 12.8. The van der Waals surface area contributed by atoms with Gasteiger partial charge in [0, 0.05) is 0 Å². The van der Waals surface area contributed by atoms with Crippen LogP contribution in [-0.2, 0) is 0 Å². The Morgan fingerprint density at radius 3 is 3.00 bits per heavy atom. The summed E-state index contributed by atoms with van der Waals surface area (Å²) in [6.07, 6.45) is 0. The van der Waals surface area contributed by atoms with E-state index < -0.39 is 0 Å². The van der Waals surface area contributed by atoms with Gasteiger partial charge in [-0.1, -0.05) is 0 Å². The van der Waals surface area contributed by atoms with E-state index in [0.29, 0.717) is 11.2 Å². The molecule has 2 nitrogen and oxygen atoms in total. The molecule has 0 amide bonds.